The van der Waals surface area contributed by atoms with Crippen molar-refractivity contribution < 1.29 is 9.53 Å². The standard InChI is InChI=1S/C14H23NO2S/c1-4-6-9-13(14(16)17-3)15(5-2)11-12-8-7-10-18-12/h7-8,10,13H,4-6,9,11H2,1-3H3. The number of rotatable bonds is 8. The fourth-order valence-corrected chi connectivity index (χ4v) is 2.76. The fraction of sp³-hybridized carbons (Fsp3) is 0.643. The predicted molar refractivity (Wildman–Crippen MR) is 75.7 cm³/mol. The molecule has 18 heavy (non-hydrogen) atoms. The van der Waals surface area contributed by atoms with Crippen LogP contribution in [0, 0.1) is 0 Å². The number of hydrogen-bond acceptors (Lipinski definition) is 4. The van der Waals surface area contributed by atoms with Crippen molar-refractivity contribution in [2.45, 2.75) is 45.7 Å². The highest BCUT2D eigenvalue weighted by atomic mass is 32.1. The van der Waals surface area contributed by atoms with Crippen LogP contribution in [0.2, 0.25) is 0 Å². The van der Waals surface area contributed by atoms with Crippen molar-refractivity contribution in [3.05, 3.63) is 22.4 Å². The molecule has 0 fully saturated rings. The first-order chi connectivity index (χ1) is 8.72. The van der Waals surface area contributed by atoms with Gasteiger partial charge in [-0.2, -0.15) is 0 Å². The molecule has 4 heteroatoms. The van der Waals surface area contributed by atoms with Gasteiger partial charge in [-0.3, -0.25) is 9.69 Å². The van der Waals surface area contributed by atoms with Crippen molar-refractivity contribution in [3.63, 3.8) is 0 Å². The van der Waals surface area contributed by atoms with E-state index in [4.69, 9.17) is 4.74 Å². The summed E-state index contributed by atoms with van der Waals surface area (Å²) in [5, 5.41) is 2.07. The van der Waals surface area contributed by atoms with Crippen LogP contribution < -0.4 is 0 Å². The quantitative estimate of drug-likeness (QED) is 0.678. The van der Waals surface area contributed by atoms with Crippen LogP contribution in [-0.2, 0) is 16.1 Å². The van der Waals surface area contributed by atoms with Crippen molar-refractivity contribution in [2.24, 2.45) is 0 Å². The molecule has 0 aliphatic carbocycles. The summed E-state index contributed by atoms with van der Waals surface area (Å²) in [6.07, 6.45) is 3.03. The van der Waals surface area contributed by atoms with E-state index >= 15 is 0 Å². The summed E-state index contributed by atoms with van der Waals surface area (Å²) in [5.41, 5.74) is 0. The maximum absolute atomic E-state index is 11.9. The normalized spacial score (nSPS) is 12.7. The minimum absolute atomic E-state index is 0.109. The lowest BCUT2D eigenvalue weighted by atomic mass is 10.1. The highest BCUT2D eigenvalue weighted by Crippen LogP contribution is 2.17. The van der Waals surface area contributed by atoms with Gasteiger partial charge in [-0.1, -0.05) is 32.8 Å². The molecule has 1 atom stereocenters. The van der Waals surface area contributed by atoms with E-state index in [0.717, 1.165) is 32.4 Å². The second kappa shape index (κ2) is 8.27. The van der Waals surface area contributed by atoms with E-state index in [1.165, 1.54) is 12.0 Å². The Morgan fingerprint density at radius 2 is 2.28 bits per heavy atom. The molecular formula is C14H23NO2S. The Balaban J connectivity index is 2.69. The topological polar surface area (TPSA) is 29.5 Å². The molecule has 0 spiro atoms. The first kappa shape index (κ1) is 15.2. The zero-order chi connectivity index (χ0) is 13.4. The zero-order valence-electron chi connectivity index (χ0n) is 11.5. The molecule has 0 radical (unpaired) electrons. The third-order valence-corrected chi connectivity index (χ3v) is 3.95. The monoisotopic (exact) mass is 269 g/mol. The van der Waals surface area contributed by atoms with E-state index in [0.29, 0.717) is 0 Å². The third kappa shape index (κ3) is 4.42. The number of unbranched alkanes of at least 4 members (excludes halogenated alkanes) is 1. The van der Waals surface area contributed by atoms with Crippen LogP contribution >= 0.6 is 11.3 Å². The third-order valence-electron chi connectivity index (χ3n) is 3.09. The maximum Gasteiger partial charge on any atom is 0.323 e. The highest BCUT2D eigenvalue weighted by molar-refractivity contribution is 7.09. The number of thiophene rings is 1. The number of esters is 1. The number of nitrogens with zero attached hydrogens (tertiary/aromatic N) is 1. The molecule has 1 aromatic rings. The highest BCUT2D eigenvalue weighted by Gasteiger charge is 2.25. The number of likely N-dealkylation sites (N-methyl/N-ethyl adjacent to an activating group) is 1. The van der Waals surface area contributed by atoms with Crippen LogP contribution in [0.4, 0.5) is 0 Å². The Kier molecular flexibility index (Phi) is 6.98. The molecule has 0 N–H and O–H groups in total. The van der Waals surface area contributed by atoms with Gasteiger partial charge in [0.1, 0.15) is 6.04 Å². The largest absolute Gasteiger partial charge is 0.468 e. The average Bonchev–Trinajstić information content (AvgIpc) is 2.90. The van der Waals surface area contributed by atoms with Gasteiger partial charge >= 0.3 is 5.97 Å². The molecular weight excluding hydrogens is 246 g/mol. The van der Waals surface area contributed by atoms with Gasteiger partial charge in [-0.05, 0) is 24.4 Å². The lowest BCUT2D eigenvalue weighted by Crippen LogP contribution is -2.41. The van der Waals surface area contributed by atoms with Crippen LogP contribution in [0.5, 0.6) is 0 Å². The van der Waals surface area contributed by atoms with Crippen LogP contribution in [0.25, 0.3) is 0 Å². The Labute approximate surface area is 114 Å². The number of carbonyl (C=O) groups is 1. The number of methoxy groups -OCH3 is 1. The first-order valence-corrected chi connectivity index (χ1v) is 7.45. The molecule has 0 saturated heterocycles. The number of ether oxygens (including phenoxy) is 1. The van der Waals surface area contributed by atoms with Crippen molar-refractivity contribution in [1.29, 1.82) is 0 Å². The molecule has 1 unspecified atom stereocenters. The van der Waals surface area contributed by atoms with Crippen molar-refractivity contribution in [1.82, 2.24) is 4.90 Å². The molecule has 0 aliphatic heterocycles. The summed E-state index contributed by atoms with van der Waals surface area (Å²) in [7, 11) is 1.47. The molecule has 0 aromatic carbocycles. The van der Waals surface area contributed by atoms with Crippen LogP contribution in [0.1, 0.15) is 38.0 Å². The minimum Gasteiger partial charge on any atom is -0.468 e. The minimum atomic E-state index is -0.109. The smallest absolute Gasteiger partial charge is 0.323 e. The van der Waals surface area contributed by atoms with Gasteiger partial charge in [0, 0.05) is 11.4 Å². The molecule has 0 amide bonds. The van der Waals surface area contributed by atoms with Crippen molar-refractivity contribution in [3.8, 4) is 0 Å². The number of carbonyl (C=O) groups excluding carboxylic acids is 1. The van der Waals surface area contributed by atoms with Gasteiger partial charge in [0.15, 0.2) is 0 Å². The van der Waals surface area contributed by atoms with Gasteiger partial charge < -0.3 is 4.74 Å². The van der Waals surface area contributed by atoms with Crippen LogP contribution in [0.15, 0.2) is 17.5 Å². The first-order valence-electron chi connectivity index (χ1n) is 6.57. The Hall–Kier alpha value is -0.870. The molecule has 0 saturated carbocycles. The molecule has 0 aliphatic rings. The molecule has 3 nitrogen and oxygen atoms in total. The summed E-state index contributed by atoms with van der Waals surface area (Å²) in [6.45, 7) is 5.93. The Morgan fingerprint density at radius 3 is 2.78 bits per heavy atom. The summed E-state index contributed by atoms with van der Waals surface area (Å²) in [6, 6.07) is 4.05. The van der Waals surface area contributed by atoms with Gasteiger partial charge in [0.05, 0.1) is 7.11 Å². The van der Waals surface area contributed by atoms with Crippen LogP contribution in [-0.4, -0.2) is 30.6 Å². The molecule has 1 rings (SSSR count). The summed E-state index contributed by atoms with van der Waals surface area (Å²) in [5.74, 6) is -0.109. The van der Waals surface area contributed by atoms with E-state index in [9.17, 15) is 4.79 Å². The van der Waals surface area contributed by atoms with E-state index < -0.39 is 0 Å². The van der Waals surface area contributed by atoms with Crippen molar-refractivity contribution in [2.75, 3.05) is 13.7 Å². The predicted octanol–water partition coefficient (Wildman–Crippen LogP) is 3.30. The molecule has 102 valence electrons. The lowest BCUT2D eigenvalue weighted by Gasteiger charge is -2.28. The zero-order valence-corrected chi connectivity index (χ0v) is 12.3. The lowest BCUT2D eigenvalue weighted by molar-refractivity contribution is -0.147. The molecule has 1 aromatic heterocycles. The Morgan fingerprint density at radius 1 is 1.50 bits per heavy atom. The average molecular weight is 269 g/mol. The summed E-state index contributed by atoms with van der Waals surface area (Å²) in [4.78, 5) is 15.4. The van der Waals surface area contributed by atoms with Gasteiger partial charge in [0.2, 0.25) is 0 Å². The Bertz CT molecular complexity index is 338. The van der Waals surface area contributed by atoms with E-state index in [-0.39, 0.29) is 12.0 Å². The second-order valence-corrected chi connectivity index (χ2v) is 5.36. The van der Waals surface area contributed by atoms with Gasteiger partial charge in [0.25, 0.3) is 0 Å². The summed E-state index contributed by atoms with van der Waals surface area (Å²) < 4.78 is 4.93. The summed E-state index contributed by atoms with van der Waals surface area (Å²) >= 11 is 1.73. The van der Waals surface area contributed by atoms with Gasteiger partial charge in [-0.25, -0.2) is 0 Å². The van der Waals surface area contributed by atoms with E-state index in [1.807, 2.05) is 6.07 Å². The fourth-order valence-electron chi connectivity index (χ4n) is 2.03. The van der Waals surface area contributed by atoms with Crippen molar-refractivity contribution >= 4 is 17.3 Å². The van der Waals surface area contributed by atoms with E-state index in [1.54, 1.807) is 11.3 Å². The van der Waals surface area contributed by atoms with Crippen LogP contribution in [0.3, 0.4) is 0 Å². The van der Waals surface area contributed by atoms with Gasteiger partial charge in [-0.15, -0.1) is 11.3 Å². The second-order valence-electron chi connectivity index (χ2n) is 4.32. The molecule has 1 heterocycles. The maximum atomic E-state index is 11.9. The number of hydrogen-bond donors (Lipinski definition) is 0. The molecule has 0 bridgehead atoms. The van der Waals surface area contributed by atoms with E-state index in [2.05, 4.69) is 30.2 Å². The SMILES string of the molecule is CCCCC(C(=O)OC)N(CC)Cc1cccs1.